The number of alkyl halides is 2. The molecule has 6 heterocycles. The van der Waals surface area contributed by atoms with Crippen molar-refractivity contribution >= 4 is 23.5 Å². The van der Waals surface area contributed by atoms with Crippen LogP contribution in [0.4, 0.5) is 20.3 Å². The summed E-state index contributed by atoms with van der Waals surface area (Å²) in [5.41, 5.74) is 2.33. The van der Waals surface area contributed by atoms with Crippen LogP contribution in [-0.4, -0.2) is 90.3 Å². The van der Waals surface area contributed by atoms with Gasteiger partial charge in [-0.05, 0) is 38.3 Å². The first-order valence-electron chi connectivity index (χ1n) is 13.8. The molecule has 0 bridgehead atoms. The van der Waals surface area contributed by atoms with Crippen LogP contribution in [0.5, 0.6) is 0 Å². The lowest BCUT2D eigenvalue weighted by Gasteiger charge is -2.55. The van der Waals surface area contributed by atoms with Crippen LogP contribution >= 0.6 is 0 Å². The van der Waals surface area contributed by atoms with Crippen molar-refractivity contribution in [2.45, 2.75) is 63.3 Å². The normalized spacial score (nSPS) is 31.1. The number of piperidine rings is 1. The van der Waals surface area contributed by atoms with E-state index in [0.29, 0.717) is 37.1 Å². The molecule has 3 saturated heterocycles. The van der Waals surface area contributed by atoms with Crippen molar-refractivity contribution < 1.29 is 18.3 Å². The van der Waals surface area contributed by atoms with E-state index in [0.717, 1.165) is 51.1 Å². The van der Waals surface area contributed by atoms with Gasteiger partial charge in [0.2, 0.25) is 5.91 Å². The van der Waals surface area contributed by atoms with Crippen LogP contribution in [0.25, 0.3) is 6.08 Å². The molecule has 0 N–H and O–H groups in total. The number of halogens is 2. The molecule has 4 unspecified atom stereocenters. The Bertz CT molecular complexity index is 1180. The number of hydrogen-bond acceptors (Lipinski definition) is 6. The van der Waals surface area contributed by atoms with Crippen LogP contribution in [0.15, 0.2) is 36.4 Å². The summed E-state index contributed by atoms with van der Waals surface area (Å²) in [6.45, 7) is 13.0. The monoisotopic (exact) mass is 525 g/mol. The minimum absolute atomic E-state index is 0.0192. The number of rotatable bonds is 4. The van der Waals surface area contributed by atoms with Gasteiger partial charge in [-0.15, -0.1) is 0 Å². The van der Waals surface area contributed by atoms with E-state index in [-0.39, 0.29) is 29.3 Å². The molecule has 1 aromatic heterocycles. The van der Waals surface area contributed by atoms with Crippen LogP contribution in [0.2, 0.25) is 0 Å². The molecule has 4 atom stereocenters. The lowest BCUT2D eigenvalue weighted by Crippen LogP contribution is -2.69. The second kappa shape index (κ2) is 9.75. The summed E-state index contributed by atoms with van der Waals surface area (Å²) in [5.74, 6) is 0.615. The number of carbonyl (C=O) groups is 1. The van der Waals surface area contributed by atoms with E-state index < -0.39 is 6.43 Å². The lowest BCUT2D eigenvalue weighted by molar-refractivity contribution is -0.128. The summed E-state index contributed by atoms with van der Waals surface area (Å²) < 4.78 is 34.9. The molecule has 38 heavy (non-hydrogen) atoms. The van der Waals surface area contributed by atoms with Gasteiger partial charge < -0.3 is 19.4 Å². The molecule has 0 radical (unpaired) electrons. The zero-order chi connectivity index (χ0) is 26.6. The van der Waals surface area contributed by atoms with Gasteiger partial charge in [-0.2, -0.15) is 0 Å². The second-order valence-electron chi connectivity index (χ2n) is 11.3. The molecule has 3 fully saturated rings. The summed E-state index contributed by atoms with van der Waals surface area (Å²) in [6.07, 6.45) is 7.22. The standard InChI is InChI=1S/C29H37F2N5O2/c1-4-26(37)34-13-11-33(12-14-34)24-18-36-22(24)7-5-6-21-23(36)16-25(32-27(21)28(30)31)35-10-9-29(17-20(35)3)19(2)8-15-38-29/h4-6,8,16,20,22,24,28H,1,7,9-15,17-18H2,2-3H3. The first-order valence-corrected chi connectivity index (χ1v) is 13.8. The quantitative estimate of drug-likeness (QED) is 0.437. The Kier molecular flexibility index (Phi) is 6.54. The Morgan fingerprint density at radius 3 is 2.66 bits per heavy atom. The van der Waals surface area contributed by atoms with Crippen molar-refractivity contribution in [3.63, 3.8) is 0 Å². The smallest absolute Gasteiger partial charge is 0.281 e. The Labute approximate surface area is 223 Å². The molecular formula is C29H37F2N5O2. The van der Waals surface area contributed by atoms with Crippen molar-refractivity contribution in [1.82, 2.24) is 14.8 Å². The van der Waals surface area contributed by atoms with Crippen molar-refractivity contribution in [3.05, 3.63) is 47.7 Å². The highest BCUT2D eigenvalue weighted by atomic mass is 19.3. The number of aromatic nitrogens is 1. The number of pyridine rings is 1. The maximum Gasteiger partial charge on any atom is 0.281 e. The molecule has 5 aliphatic rings. The molecule has 204 valence electrons. The summed E-state index contributed by atoms with van der Waals surface area (Å²) in [5, 5.41) is 0. The molecule has 1 spiro atoms. The minimum atomic E-state index is -2.65. The second-order valence-corrected chi connectivity index (χ2v) is 11.3. The van der Waals surface area contributed by atoms with Crippen molar-refractivity contribution in [2.75, 3.05) is 55.7 Å². The number of anilines is 2. The van der Waals surface area contributed by atoms with Crippen molar-refractivity contribution in [1.29, 1.82) is 0 Å². The molecule has 0 aromatic carbocycles. The summed E-state index contributed by atoms with van der Waals surface area (Å²) in [4.78, 5) is 25.3. The van der Waals surface area contributed by atoms with Gasteiger partial charge in [-0.25, -0.2) is 13.8 Å². The number of carbonyl (C=O) groups excluding carboxylic acids is 1. The van der Waals surface area contributed by atoms with Gasteiger partial charge in [0, 0.05) is 75.4 Å². The zero-order valence-electron chi connectivity index (χ0n) is 22.3. The maximum atomic E-state index is 14.4. The first-order chi connectivity index (χ1) is 18.3. The third-order valence-electron chi connectivity index (χ3n) is 9.40. The molecule has 0 saturated carbocycles. The van der Waals surface area contributed by atoms with E-state index in [9.17, 15) is 13.6 Å². The van der Waals surface area contributed by atoms with Crippen LogP contribution in [0.1, 0.15) is 50.8 Å². The van der Waals surface area contributed by atoms with Crippen LogP contribution in [0, 0.1) is 0 Å². The third kappa shape index (κ3) is 4.14. The van der Waals surface area contributed by atoms with E-state index >= 15 is 0 Å². The zero-order valence-corrected chi connectivity index (χ0v) is 22.3. The Balaban J connectivity index is 1.24. The Morgan fingerprint density at radius 2 is 2.00 bits per heavy atom. The molecule has 1 amide bonds. The summed E-state index contributed by atoms with van der Waals surface area (Å²) in [7, 11) is 0. The highest BCUT2D eigenvalue weighted by molar-refractivity contribution is 5.87. The largest absolute Gasteiger partial charge is 0.366 e. The van der Waals surface area contributed by atoms with E-state index in [2.05, 4.69) is 46.2 Å². The van der Waals surface area contributed by atoms with E-state index in [4.69, 9.17) is 4.74 Å². The van der Waals surface area contributed by atoms with Crippen LogP contribution < -0.4 is 9.80 Å². The molecule has 1 aromatic rings. The fourth-order valence-electron chi connectivity index (χ4n) is 7.11. The number of ether oxygens (including phenoxy) is 1. The van der Waals surface area contributed by atoms with Crippen LogP contribution in [-0.2, 0) is 9.53 Å². The van der Waals surface area contributed by atoms with Gasteiger partial charge >= 0.3 is 0 Å². The molecule has 7 nitrogen and oxygen atoms in total. The van der Waals surface area contributed by atoms with Gasteiger partial charge in [-0.3, -0.25) is 9.69 Å². The Hall–Kier alpha value is -2.78. The lowest BCUT2D eigenvalue weighted by atomic mass is 9.82. The van der Waals surface area contributed by atoms with Gasteiger partial charge in [0.05, 0.1) is 17.9 Å². The predicted octanol–water partition coefficient (Wildman–Crippen LogP) is 4.03. The van der Waals surface area contributed by atoms with Crippen LogP contribution in [0.3, 0.4) is 0 Å². The van der Waals surface area contributed by atoms with Gasteiger partial charge in [-0.1, -0.05) is 24.8 Å². The topological polar surface area (TPSA) is 52.2 Å². The first kappa shape index (κ1) is 25.5. The Morgan fingerprint density at radius 1 is 1.21 bits per heavy atom. The average molecular weight is 526 g/mol. The fourth-order valence-corrected chi connectivity index (χ4v) is 7.11. The third-order valence-corrected chi connectivity index (χ3v) is 9.40. The van der Waals surface area contributed by atoms with Gasteiger partial charge in [0.15, 0.2) is 0 Å². The predicted molar refractivity (Wildman–Crippen MR) is 145 cm³/mol. The maximum absolute atomic E-state index is 14.4. The molecule has 0 aliphatic carbocycles. The fraction of sp³-hybridized carbons (Fsp3) is 0.586. The number of fused-ring (bicyclic) bond motifs is 3. The summed E-state index contributed by atoms with van der Waals surface area (Å²) >= 11 is 0. The number of hydrogen-bond donors (Lipinski definition) is 0. The average Bonchev–Trinajstić information content (AvgIpc) is 3.17. The molecule has 5 aliphatic heterocycles. The van der Waals surface area contributed by atoms with Gasteiger partial charge in [0.1, 0.15) is 11.5 Å². The van der Waals surface area contributed by atoms with E-state index in [1.54, 1.807) is 0 Å². The molecular weight excluding hydrogens is 488 g/mol. The number of piperazine rings is 1. The number of nitrogens with zero attached hydrogens (tertiary/aromatic N) is 5. The van der Waals surface area contributed by atoms with E-state index in [1.165, 1.54) is 11.6 Å². The van der Waals surface area contributed by atoms with Crippen molar-refractivity contribution in [3.8, 4) is 0 Å². The summed E-state index contributed by atoms with van der Waals surface area (Å²) in [6, 6.07) is 2.71. The van der Waals surface area contributed by atoms with Gasteiger partial charge in [0.25, 0.3) is 6.43 Å². The minimum Gasteiger partial charge on any atom is -0.366 e. The van der Waals surface area contributed by atoms with Crippen molar-refractivity contribution in [2.24, 2.45) is 0 Å². The highest BCUT2D eigenvalue weighted by Gasteiger charge is 2.46. The highest BCUT2D eigenvalue weighted by Crippen LogP contribution is 2.45. The SMILES string of the molecule is C=CC(=O)N1CCN(C2CN3c4cc(N5CCC6(CC5C)OCC=C6C)nc(C(F)F)c4C=CCC23)CC1. The molecule has 6 rings (SSSR count). The van der Waals surface area contributed by atoms with E-state index in [1.807, 2.05) is 23.1 Å². The molecule has 9 heteroatoms. The number of amides is 1.